The minimum Gasteiger partial charge on any atom is -0.459 e. The minimum atomic E-state index is -0.411. The Kier molecular flexibility index (Phi) is 5.61. The molecule has 0 spiro atoms. The molecule has 0 aromatic carbocycles. The maximum absolute atomic E-state index is 12.0. The molecule has 0 unspecified atom stereocenters. The Hall–Kier alpha value is -1.08. The topological polar surface area (TPSA) is 53.3 Å². The van der Waals surface area contributed by atoms with Crippen molar-refractivity contribution in [3.05, 3.63) is 0 Å². The Labute approximate surface area is 110 Å². The van der Waals surface area contributed by atoms with E-state index < -0.39 is 5.60 Å². The number of ether oxygens (including phenoxy) is 1. The first-order valence-corrected chi connectivity index (χ1v) is 6.78. The van der Waals surface area contributed by atoms with Crippen molar-refractivity contribution in [3.8, 4) is 6.07 Å². The van der Waals surface area contributed by atoms with E-state index in [1.54, 1.807) is 0 Å². The third kappa shape index (κ3) is 5.05. The fourth-order valence-corrected chi connectivity index (χ4v) is 2.25. The molecule has 0 amide bonds. The van der Waals surface area contributed by atoms with Gasteiger partial charge in [-0.05, 0) is 59.5 Å². The third-order valence-electron chi connectivity index (χ3n) is 3.03. The number of unbranched alkanes of at least 4 members (excludes halogenated alkanes) is 2. The molecule has 1 aliphatic heterocycles. The molecule has 1 saturated heterocycles. The van der Waals surface area contributed by atoms with Crippen LogP contribution in [-0.2, 0) is 9.53 Å². The highest BCUT2D eigenvalue weighted by molar-refractivity contribution is 5.76. The number of carbonyl (C=O) groups excluding carboxylic acids is 1. The summed E-state index contributed by atoms with van der Waals surface area (Å²) in [7, 11) is 0. The lowest BCUT2D eigenvalue weighted by Gasteiger charge is -2.27. The Morgan fingerprint density at radius 1 is 1.44 bits per heavy atom. The molecule has 0 N–H and O–H groups in total. The van der Waals surface area contributed by atoms with Crippen molar-refractivity contribution in [1.82, 2.24) is 4.90 Å². The standard InChI is InChI=1S/C14H24N2O2/c1-14(2,3)18-13(17)12-8-7-11-16(12)10-6-4-5-9-15/h12H,4-8,10-11H2,1-3H3/t12-/m1/s1. The van der Waals surface area contributed by atoms with Crippen LogP contribution in [-0.4, -0.2) is 35.6 Å². The fourth-order valence-electron chi connectivity index (χ4n) is 2.25. The molecular weight excluding hydrogens is 228 g/mol. The highest BCUT2D eigenvalue weighted by atomic mass is 16.6. The smallest absolute Gasteiger partial charge is 0.323 e. The van der Waals surface area contributed by atoms with Crippen LogP contribution in [0.25, 0.3) is 0 Å². The second-order valence-corrected chi connectivity index (χ2v) is 5.84. The first kappa shape index (κ1) is 15.0. The summed E-state index contributed by atoms with van der Waals surface area (Å²) in [6, 6.07) is 2.07. The maximum atomic E-state index is 12.0. The molecule has 1 aliphatic rings. The zero-order valence-electron chi connectivity index (χ0n) is 11.7. The van der Waals surface area contributed by atoms with E-state index in [0.29, 0.717) is 6.42 Å². The van der Waals surface area contributed by atoms with Crippen molar-refractivity contribution in [2.75, 3.05) is 13.1 Å². The number of esters is 1. The van der Waals surface area contributed by atoms with Gasteiger partial charge in [0, 0.05) is 6.42 Å². The molecule has 1 atom stereocenters. The Morgan fingerprint density at radius 2 is 2.17 bits per heavy atom. The summed E-state index contributed by atoms with van der Waals surface area (Å²) < 4.78 is 5.45. The quantitative estimate of drug-likeness (QED) is 0.557. The van der Waals surface area contributed by atoms with Crippen LogP contribution in [0, 0.1) is 11.3 Å². The van der Waals surface area contributed by atoms with Gasteiger partial charge in [0.2, 0.25) is 0 Å². The molecule has 4 heteroatoms. The first-order chi connectivity index (χ1) is 8.44. The second-order valence-electron chi connectivity index (χ2n) is 5.84. The van der Waals surface area contributed by atoms with Gasteiger partial charge in [0.25, 0.3) is 0 Å². The lowest BCUT2D eigenvalue weighted by Crippen LogP contribution is -2.40. The molecule has 0 radical (unpaired) electrons. The largest absolute Gasteiger partial charge is 0.459 e. The number of nitrogens with zero attached hydrogens (tertiary/aromatic N) is 2. The van der Waals surface area contributed by atoms with Crippen LogP contribution in [0.5, 0.6) is 0 Å². The third-order valence-corrected chi connectivity index (χ3v) is 3.03. The van der Waals surface area contributed by atoms with Gasteiger partial charge in [0.1, 0.15) is 11.6 Å². The average Bonchev–Trinajstić information content (AvgIpc) is 2.70. The van der Waals surface area contributed by atoms with Gasteiger partial charge in [-0.3, -0.25) is 9.69 Å². The fraction of sp³-hybridized carbons (Fsp3) is 0.857. The van der Waals surface area contributed by atoms with E-state index in [9.17, 15) is 4.79 Å². The van der Waals surface area contributed by atoms with Crippen LogP contribution in [0.15, 0.2) is 0 Å². The Bertz CT molecular complexity index is 315. The summed E-state index contributed by atoms with van der Waals surface area (Å²) in [5.74, 6) is -0.0970. The van der Waals surface area contributed by atoms with Crippen molar-refractivity contribution in [2.45, 2.75) is 64.5 Å². The van der Waals surface area contributed by atoms with Crippen LogP contribution in [0.2, 0.25) is 0 Å². The summed E-state index contributed by atoms with van der Waals surface area (Å²) in [5.41, 5.74) is -0.411. The van der Waals surface area contributed by atoms with Crippen LogP contribution in [0.3, 0.4) is 0 Å². The van der Waals surface area contributed by atoms with E-state index in [1.165, 1.54) is 0 Å². The Balaban J connectivity index is 2.39. The van der Waals surface area contributed by atoms with E-state index in [4.69, 9.17) is 10.00 Å². The van der Waals surface area contributed by atoms with Gasteiger partial charge in [-0.15, -0.1) is 0 Å². The van der Waals surface area contributed by atoms with E-state index in [-0.39, 0.29) is 12.0 Å². The molecule has 0 saturated carbocycles. The summed E-state index contributed by atoms with van der Waals surface area (Å²) in [5, 5.41) is 8.49. The zero-order valence-corrected chi connectivity index (χ0v) is 11.7. The molecule has 1 rings (SSSR count). The molecular formula is C14H24N2O2. The molecule has 18 heavy (non-hydrogen) atoms. The van der Waals surface area contributed by atoms with E-state index in [0.717, 1.165) is 38.8 Å². The summed E-state index contributed by atoms with van der Waals surface area (Å²) >= 11 is 0. The predicted octanol–water partition coefficient (Wildman–Crippen LogP) is 2.49. The highest BCUT2D eigenvalue weighted by Crippen LogP contribution is 2.21. The zero-order chi connectivity index (χ0) is 13.6. The predicted molar refractivity (Wildman–Crippen MR) is 69.9 cm³/mol. The van der Waals surface area contributed by atoms with Gasteiger partial charge < -0.3 is 4.74 Å². The SMILES string of the molecule is CC(C)(C)OC(=O)[C@H]1CCCN1CCCCC#N. The van der Waals surface area contributed by atoms with E-state index in [1.807, 2.05) is 20.8 Å². The number of hydrogen-bond acceptors (Lipinski definition) is 4. The van der Waals surface area contributed by atoms with Crippen molar-refractivity contribution in [1.29, 1.82) is 5.26 Å². The normalized spacial score (nSPS) is 20.7. The van der Waals surface area contributed by atoms with E-state index in [2.05, 4.69) is 11.0 Å². The first-order valence-electron chi connectivity index (χ1n) is 6.78. The molecule has 4 nitrogen and oxygen atoms in total. The summed E-state index contributed by atoms with van der Waals surface area (Å²) in [4.78, 5) is 14.2. The monoisotopic (exact) mass is 252 g/mol. The number of hydrogen-bond donors (Lipinski definition) is 0. The van der Waals surface area contributed by atoms with Gasteiger partial charge in [-0.2, -0.15) is 5.26 Å². The number of rotatable bonds is 5. The highest BCUT2D eigenvalue weighted by Gasteiger charge is 2.33. The van der Waals surface area contributed by atoms with Gasteiger partial charge in [-0.25, -0.2) is 0 Å². The van der Waals surface area contributed by atoms with Crippen molar-refractivity contribution in [2.24, 2.45) is 0 Å². The van der Waals surface area contributed by atoms with Gasteiger partial charge in [0.05, 0.1) is 6.07 Å². The lowest BCUT2D eigenvalue weighted by molar-refractivity contribution is -0.160. The summed E-state index contributed by atoms with van der Waals surface area (Å²) in [6.45, 7) is 7.56. The molecule has 0 aliphatic carbocycles. The van der Waals surface area contributed by atoms with Crippen LogP contribution in [0.4, 0.5) is 0 Å². The number of carbonyl (C=O) groups is 1. The minimum absolute atomic E-state index is 0.0775. The molecule has 102 valence electrons. The van der Waals surface area contributed by atoms with Gasteiger partial charge >= 0.3 is 5.97 Å². The van der Waals surface area contributed by atoms with Crippen molar-refractivity contribution >= 4 is 5.97 Å². The van der Waals surface area contributed by atoms with Crippen LogP contribution < -0.4 is 0 Å². The Morgan fingerprint density at radius 3 is 2.78 bits per heavy atom. The molecule has 0 aromatic heterocycles. The molecule has 0 bridgehead atoms. The maximum Gasteiger partial charge on any atom is 0.323 e. The van der Waals surface area contributed by atoms with Crippen molar-refractivity contribution in [3.63, 3.8) is 0 Å². The van der Waals surface area contributed by atoms with E-state index >= 15 is 0 Å². The molecule has 1 heterocycles. The molecule has 0 aromatic rings. The number of nitriles is 1. The van der Waals surface area contributed by atoms with Crippen LogP contribution in [0.1, 0.15) is 52.9 Å². The second kappa shape index (κ2) is 6.75. The number of likely N-dealkylation sites (tertiary alicyclic amines) is 1. The lowest BCUT2D eigenvalue weighted by atomic mass is 10.1. The van der Waals surface area contributed by atoms with Gasteiger partial charge in [0.15, 0.2) is 0 Å². The summed E-state index contributed by atoms with van der Waals surface area (Å²) in [6.07, 6.45) is 4.45. The van der Waals surface area contributed by atoms with Gasteiger partial charge in [-0.1, -0.05) is 0 Å². The average molecular weight is 252 g/mol. The van der Waals surface area contributed by atoms with Crippen molar-refractivity contribution < 1.29 is 9.53 Å². The van der Waals surface area contributed by atoms with Crippen LogP contribution >= 0.6 is 0 Å². The molecule has 1 fully saturated rings.